The first-order valence-electron chi connectivity index (χ1n) is 7.75. The average Bonchev–Trinajstić information content (AvgIpc) is 3.20. The van der Waals surface area contributed by atoms with Crippen molar-refractivity contribution in [3.05, 3.63) is 0 Å². The number of nitrogens with one attached hydrogen (secondary N) is 1. The van der Waals surface area contributed by atoms with Crippen LogP contribution in [0.5, 0.6) is 0 Å². The second-order valence-corrected chi connectivity index (χ2v) is 6.58. The number of carbonyl (C=O) groups excluding carboxylic acids is 1. The van der Waals surface area contributed by atoms with Gasteiger partial charge < -0.3 is 15.0 Å². The fraction of sp³-hybridized carbons (Fsp3) is 0.933. The molecular weight excluding hydrogens is 240 g/mol. The van der Waals surface area contributed by atoms with Gasteiger partial charge in [-0.05, 0) is 51.5 Å². The van der Waals surface area contributed by atoms with Crippen LogP contribution in [0.3, 0.4) is 0 Å². The molecule has 19 heavy (non-hydrogen) atoms. The molecule has 0 aromatic rings. The number of fused-ring (bicyclic) bond motifs is 2. The predicted octanol–water partition coefficient (Wildman–Crippen LogP) is 1.54. The normalized spacial score (nSPS) is 36.8. The molecule has 2 heterocycles. The molecular formula is C15H26N2O2. The standard InChI is InChI=1S/C15H26N2O2/c1-17-12-4-3-5-13(17)9-11(8-12)16-14(10-6-7-10)15(18)19-2/h10-14,16H,3-9H2,1-2H3. The van der Waals surface area contributed by atoms with Crippen molar-refractivity contribution in [1.29, 1.82) is 0 Å². The zero-order valence-electron chi connectivity index (χ0n) is 12.1. The third kappa shape index (κ3) is 2.79. The highest BCUT2D eigenvalue weighted by Gasteiger charge is 2.41. The topological polar surface area (TPSA) is 41.6 Å². The summed E-state index contributed by atoms with van der Waals surface area (Å²) in [6, 6.07) is 1.86. The van der Waals surface area contributed by atoms with Gasteiger partial charge in [-0.15, -0.1) is 0 Å². The van der Waals surface area contributed by atoms with Crippen LogP contribution in [0.1, 0.15) is 44.9 Å². The van der Waals surface area contributed by atoms with Gasteiger partial charge >= 0.3 is 5.97 Å². The number of hydrogen-bond acceptors (Lipinski definition) is 4. The van der Waals surface area contributed by atoms with Crippen molar-refractivity contribution in [2.75, 3.05) is 14.2 Å². The second-order valence-electron chi connectivity index (χ2n) is 6.58. The molecule has 2 saturated heterocycles. The largest absolute Gasteiger partial charge is 0.468 e. The quantitative estimate of drug-likeness (QED) is 0.784. The molecule has 0 aromatic heterocycles. The fourth-order valence-electron chi connectivity index (χ4n) is 3.96. The van der Waals surface area contributed by atoms with E-state index in [0.29, 0.717) is 24.0 Å². The van der Waals surface area contributed by atoms with Gasteiger partial charge in [0.2, 0.25) is 0 Å². The molecule has 4 heteroatoms. The summed E-state index contributed by atoms with van der Waals surface area (Å²) in [6.45, 7) is 0. The first-order chi connectivity index (χ1) is 9.19. The summed E-state index contributed by atoms with van der Waals surface area (Å²) < 4.78 is 4.96. The zero-order chi connectivity index (χ0) is 13.4. The lowest BCUT2D eigenvalue weighted by Gasteiger charge is -2.47. The van der Waals surface area contributed by atoms with Gasteiger partial charge in [-0.1, -0.05) is 6.42 Å². The summed E-state index contributed by atoms with van der Waals surface area (Å²) >= 11 is 0. The van der Waals surface area contributed by atoms with Gasteiger partial charge in [0.1, 0.15) is 6.04 Å². The summed E-state index contributed by atoms with van der Waals surface area (Å²) in [7, 11) is 3.77. The van der Waals surface area contributed by atoms with E-state index in [1.165, 1.54) is 52.1 Å². The first kappa shape index (κ1) is 13.4. The number of esters is 1. The second kappa shape index (κ2) is 5.41. The van der Waals surface area contributed by atoms with E-state index >= 15 is 0 Å². The Morgan fingerprint density at radius 3 is 2.37 bits per heavy atom. The molecule has 0 aromatic carbocycles. The van der Waals surface area contributed by atoms with Crippen LogP contribution in [0, 0.1) is 5.92 Å². The zero-order valence-corrected chi connectivity index (χ0v) is 12.1. The van der Waals surface area contributed by atoms with Crippen molar-refractivity contribution >= 4 is 5.97 Å². The Morgan fingerprint density at radius 1 is 1.21 bits per heavy atom. The van der Waals surface area contributed by atoms with E-state index in [9.17, 15) is 4.79 Å². The van der Waals surface area contributed by atoms with E-state index < -0.39 is 0 Å². The average molecular weight is 266 g/mol. The van der Waals surface area contributed by atoms with Gasteiger partial charge in [0.15, 0.2) is 0 Å². The van der Waals surface area contributed by atoms with E-state index in [-0.39, 0.29) is 12.0 Å². The molecule has 2 bridgehead atoms. The van der Waals surface area contributed by atoms with Crippen LogP contribution in [-0.2, 0) is 9.53 Å². The Labute approximate surface area is 115 Å². The van der Waals surface area contributed by atoms with Crippen LogP contribution in [0.25, 0.3) is 0 Å². The maximum absolute atomic E-state index is 11.9. The summed E-state index contributed by atoms with van der Waals surface area (Å²) in [5.74, 6) is 0.457. The minimum absolute atomic E-state index is 0.0564. The van der Waals surface area contributed by atoms with E-state index in [1.54, 1.807) is 0 Å². The maximum Gasteiger partial charge on any atom is 0.323 e. The van der Waals surface area contributed by atoms with Crippen LogP contribution in [0.4, 0.5) is 0 Å². The molecule has 3 fully saturated rings. The minimum Gasteiger partial charge on any atom is -0.468 e. The Morgan fingerprint density at radius 2 is 1.84 bits per heavy atom. The van der Waals surface area contributed by atoms with Crippen molar-refractivity contribution in [2.45, 2.75) is 69.1 Å². The van der Waals surface area contributed by atoms with E-state index in [0.717, 1.165) is 0 Å². The highest BCUT2D eigenvalue weighted by Crippen LogP contribution is 2.36. The Bertz CT molecular complexity index is 329. The van der Waals surface area contributed by atoms with Crippen molar-refractivity contribution in [3.63, 3.8) is 0 Å². The van der Waals surface area contributed by atoms with Gasteiger partial charge in [0.25, 0.3) is 0 Å². The Hall–Kier alpha value is -0.610. The Balaban J connectivity index is 1.61. The SMILES string of the molecule is COC(=O)C(NC1CC2CCCC(C1)N2C)C1CC1. The van der Waals surface area contributed by atoms with E-state index in [2.05, 4.69) is 17.3 Å². The molecule has 108 valence electrons. The van der Waals surface area contributed by atoms with Gasteiger partial charge in [-0.25, -0.2) is 0 Å². The predicted molar refractivity (Wildman–Crippen MR) is 73.9 cm³/mol. The molecule has 1 saturated carbocycles. The van der Waals surface area contributed by atoms with Gasteiger partial charge in [0.05, 0.1) is 7.11 Å². The van der Waals surface area contributed by atoms with E-state index in [1.807, 2.05) is 0 Å². The highest BCUT2D eigenvalue weighted by atomic mass is 16.5. The molecule has 1 aliphatic carbocycles. The number of carbonyl (C=O) groups is 1. The van der Waals surface area contributed by atoms with Gasteiger partial charge in [-0.3, -0.25) is 4.79 Å². The number of rotatable bonds is 4. The summed E-state index contributed by atoms with van der Waals surface area (Å²) in [5.41, 5.74) is 0. The molecule has 0 amide bonds. The van der Waals surface area contributed by atoms with Crippen LogP contribution in [0.2, 0.25) is 0 Å². The number of nitrogens with zero attached hydrogens (tertiary/aromatic N) is 1. The maximum atomic E-state index is 11.9. The smallest absolute Gasteiger partial charge is 0.323 e. The lowest BCUT2D eigenvalue weighted by atomic mass is 9.82. The van der Waals surface area contributed by atoms with Crippen molar-refractivity contribution < 1.29 is 9.53 Å². The van der Waals surface area contributed by atoms with Crippen LogP contribution in [-0.4, -0.2) is 49.2 Å². The highest BCUT2D eigenvalue weighted by molar-refractivity contribution is 5.76. The molecule has 1 N–H and O–H groups in total. The lowest BCUT2D eigenvalue weighted by Crippen LogP contribution is -2.57. The third-order valence-electron chi connectivity index (χ3n) is 5.30. The molecule has 4 nitrogen and oxygen atoms in total. The number of methoxy groups -OCH3 is 1. The van der Waals surface area contributed by atoms with Gasteiger partial charge in [0, 0.05) is 18.1 Å². The van der Waals surface area contributed by atoms with Crippen LogP contribution in [0.15, 0.2) is 0 Å². The lowest BCUT2D eigenvalue weighted by molar-refractivity contribution is -0.144. The molecule has 0 spiro atoms. The van der Waals surface area contributed by atoms with E-state index in [4.69, 9.17) is 4.74 Å². The fourth-order valence-corrected chi connectivity index (χ4v) is 3.96. The van der Waals surface area contributed by atoms with Crippen molar-refractivity contribution in [1.82, 2.24) is 10.2 Å². The third-order valence-corrected chi connectivity index (χ3v) is 5.30. The first-order valence-corrected chi connectivity index (χ1v) is 7.75. The number of piperidine rings is 2. The van der Waals surface area contributed by atoms with Crippen LogP contribution < -0.4 is 5.32 Å². The number of hydrogen-bond donors (Lipinski definition) is 1. The summed E-state index contributed by atoms with van der Waals surface area (Å²) in [4.78, 5) is 14.4. The monoisotopic (exact) mass is 266 g/mol. The summed E-state index contributed by atoms with van der Waals surface area (Å²) in [6.07, 6.45) is 8.73. The molecule has 3 atom stereocenters. The molecule has 3 unspecified atom stereocenters. The summed E-state index contributed by atoms with van der Waals surface area (Å²) in [5, 5.41) is 3.62. The number of ether oxygens (including phenoxy) is 1. The van der Waals surface area contributed by atoms with Crippen LogP contribution >= 0.6 is 0 Å². The van der Waals surface area contributed by atoms with Gasteiger partial charge in [-0.2, -0.15) is 0 Å². The van der Waals surface area contributed by atoms with Crippen molar-refractivity contribution in [2.24, 2.45) is 5.92 Å². The molecule has 3 aliphatic rings. The molecule has 2 aliphatic heterocycles. The Kier molecular flexibility index (Phi) is 3.81. The molecule has 0 radical (unpaired) electrons. The molecule has 3 rings (SSSR count). The minimum atomic E-state index is -0.0633. The van der Waals surface area contributed by atoms with Crippen molar-refractivity contribution in [3.8, 4) is 0 Å².